The van der Waals surface area contributed by atoms with Crippen LogP contribution in [0.5, 0.6) is 11.5 Å². The van der Waals surface area contributed by atoms with Crippen LogP contribution in [0.3, 0.4) is 0 Å². The highest BCUT2D eigenvalue weighted by atomic mass is 32.2. The molecule has 9 heteroatoms. The smallest absolute Gasteiger partial charge is 0.240 e. The highest BCUT2D eigenvalue weighted by Crippen LogP contribution is 2.27. The lowest BCUT2D eigenvalue weighted by molar-refractivity contribution is 0.354. The molecule has 0 heterocycles. The van der Waals surface area contributed by atoms with Crippen molar-refractivity contribution in [2.45, 2.75) is 16.3 Å². The normalized spacial score (nSPS) is 12.0. The Morgan fingerprint density at radius 3 is 1.92 bits per heavy atom. The third kappa shape index (κ3) is 4.71. The summed E-state index contributed by atoms with van der Waals surface area (Å²) in [7, 11) is -4.14. The average Bonchev–Trinajstić information content (AvgIpc) is 2.59. The van der Waals surface area contributed by atoms with Gasteiger partial charge in [0.15, 0.2) is 21.3 Å². The largest absolute Gasteiger partial charge is 0.493 e. The minimum absolute atomic E-state index is 0.0135. The second-order valence-electron chi connectivity index (χ2n) is 5.26. The topological polar surface area (TPSA) is 98.8 Å². The number of benzene rings is 2. The Balaban J connectivity index is 2.16. The van der Waals surface area contributed by atoms with E-state index in [9.17, 15) is 16.8 Å². The van der Waals surface area contributed by atoms with Crippen molar-refractivity contribution in [3.8, 4) is 11.5 Å². The zero-order chi connectivity index (χ0) is 18.7. The van der Waals surface area contributed by atoms with Crippen LogP contribution in [-0.2, 0) is 26.4 Å². The van der Waals surface area contributed by atoms with Crippen molar-refractivity contribution in [2.75, 3.05) is 20.5 Å². The number of nitrogens with one attached hydrogen (secondary N) is 1. The maximum Gasteiger partial charge on any atom is 0.240 e. The highest BCUT2D eigenvalue weighted by molar-refractivity contribution is 7.90. The van der Waals surface area contributed by atoms with Crippen molar-refractivity contribution >= 4 is 19.9 Å². The zero-order valence-corrected chi connectivity index (χ0v) is 15.6. The molecule has 0 amide bonds. The lowest BCUT2D eigenvalue weighted by atomic mass is 10.2. The van der Waals surface area contributed by atoms with Crippen LogP contribution in [-0.4, -0.2) is 37.3 Å². The van der Waals surface area contributed by atoms with Gasteiger partial charge in [0.05, 0.1) is 24.0 Å². The van der Waals surface area contributed by atoms with Gasteiger partial charge in [-0.1, -0.05) is 6.07 Å². The summed E-state index contributed by atoms with van der Waals surface area (Å²) in [6.07, 6.45) is 1.06. The van der Waals surface area contributed by atoms with Crippen LogP contribution in [0.4, 0.5) is 0 Å². The summed E-state index contributed by atoms with van der Waals surface area (Å²) < 4.78 is 60.3. The van der Waals surface area contributed by atoms with Gasteiger partial charge in [0.25, 0.3) is 0 Å². The number of hydrogen-bond acceptors (Lipinski definition) is 6. The van der Waals surface area contributed by atoms with E-state index in [0.717, 1.165) is 6.26 Å². The summed E-state index contributed by atoms with van der Waals surface area (Å²) in [5.74, 6) is 1.04. The van der Waals surface area contributed by atoms with Crippen LogP contribution < -0.4 is 14.2 Å². The summed E-state index contributed by atoms with van der Waals surface area (Å²) in [5, 5.41) is 0. The number of rotatable bonds is 7. The van der Waals surface area contributed by atoms with Crippen molar-refractivity contribution < 1.29 is 26.3 Å². The molecule has 2 rings (SSSR count). The van der Waals surface area contributed by atoms with Crippen molar-refractivity contribution in [3.05, 3.63) is 48.0 Å². The molecule has 0 aromatic heterocycles. The van der Waals surface area contributed by atoms with Gasteiger partial charge >= 0.3 is 0 Å². The molecule has 0 aliphatic rings. The third-order valence-corrected chi connectivity index (χ3v) is 6.02. The molecule has 0 atom stereocenters. The van der Waals surface area contributed by atoms with Crippen LogP contribution in [0.25, 0.3) is 0 Å². The average molecular weight is 385 g/mol. The predicted octanol–water partition coefficient (Wildman–Crippen LogP) is 1.59. The first-order chi connectivity index (χ1) is 11.7. The molecule has 0 radical (unpaired) electrons. The van der Waals surface area contributed by atoms with Gasteiger partial charge < -0.3 is 9.47 Å². The van der Waals surface area contributed by atoms with E-state index >= 15 is 0 Å². The van der Waals surface area contributed by atoms with E-state index in [-0.39, 0.29) is 16.3 Å². The molecule has 0 aliphatic carbocycles. The Hall–Kier alpha value is -2.10. The summed E-state index contributed by atoms with van der Waals surface area (Å²) in [4.78, 5) is 0.0479. The predicted molar refractivity (Wildman–Crippen MR) is 93.1 cm³/mol. The van der Waals surface area contributed by atoms with Crippen molar-refractivity contribution in [1.29, 1.82) is 0 Å². The minimum Gasteiger partial charge on any atom is -0.493 e. The molecule has 2 aromatic carbocycles. The Morgan fingerprint density at radius 1 is 0.840 bits per heavy atom. The van der Waals surface area contributed by atoms with Gasteiger partial charge in [-0.25, -0.2) is 21.6 Å². The number of sulfone groups is 1. The van der Waals surface area contributed by atoms with Crippen LogP contribution in [0.15, 0.2) is 52.3 Å². The van der Waals surface area contributed by atoms with Gasteiger partial charge in [0.1, 0.15) is 0 Å². The van der Waals surface area contributed by atoms with E-state index in [0.29, 0.717) is 17.1 Å². The van der Waals surface area contributed by atoms with E-state index in [4.69, 9.17) is 9.47 Å². The fraction of sp³-hybridized carbons (Fsp3) is 0.250. The van der Waals surface area contributed by atoms with Gasteiger partial charge in [0.2, 0.25) is 10.0 Å². The Labute approximate surface area is 147 Å². The van der Waals surface area contributed by atoms with E-state index in [1.54, 1.807) is 18.2 Å². The molecule has 1 N–H and O–H groups in total. The lowest BCUT2D eigenvalue weighted by Gasteiger charge is -2.11. The van der Waals surface area contributed by atoms with Crippen molar-refractivity contribution in [3.63, 3.8) is 0 Å². The maximum atomic E-state index is 12.3. The first-order valence-corrected chi connectivity index (χ1v) is 10.6. The van der Waals surface area contributed by atoms with E-state index in [1.807, 2.05) is 0 Å². The molecular weight excluding hydrogens is 366 g/mol. The molecule has 0 fully saturated rings. The first-order valence-electron chi connectivity index (χ1n) is 7.18. The van der Waals surface area contributed by atoms with E-state index in [1.165, 1.54) is 38.5 Å². The second-order valence-corrected chi connectivity index (χ2v) is 9.04. The monoisotopic (exact) mass is 385 g/mol. The van der Waals surface area contributed by atoms with Crippen LogP contribution >= 0.6 is 0 Å². The molecule has 0 saturated heterocycles. The molecule has 0 aliphatic heterocycles. The Morgan fingerprint density at radius 2 is 1.40 bits per heavy atom. The molecule has 7 nitrogen and oxygen atoms in total. The number of ether oxygens (including phenoxy) is 2. The zero-order valence-electron chi connectivity index (χ0n) is 14.0. The quantitative estimate of drug-likeness (QED) is 0.777. The molecular formula is C16H19NO6S2. The van der Waals surface area contributed by atoms with Crippen LogP contribution in [0.2, 0.25) is 0 Å². The fourth-order valence-electron chi connectivity index (χ4n) is 2.12. The minimum atomic E-state index is -3.77. The maximum absolute atomic E-state index is 12.3. The molecule has 0 saturated carbocycles. The first kappa shape index (κ1) is 19.2. The number of hydrogen-bond donors (Lipinski definition) is 1. The molecule has 136 valence electrons. The second kappa shape index (κ2) is 7.42. The molecule has 0 bridgehead atoms. The lowest BCUT2D eigenvalue weighted by Crippen LogP contribution is -2.23. The van der Waals surface area contributed by atoms with E-state index in [2.05, 4.69) is 4.72 Å². The summed E-state index contributed by atoms with van der Waals surface area (Å²) >= 11 is 0. The van der Waals surface area contributed by atoms with Crippen molar-refractivity contribution in [1.82, 2.24) is 4.72 Å². The van der Waals surface area contributed by atoms with Gasteiger partial charge in [-0.15, -0.1) is 0 Å². The van der Waals surface area contributed by atoms with Gasteiger partial charge in [-0.05, 0) is 42.0 Å². The number of methoxy groups -OCH3 is 2. The summed E-state index contributed by atoms with van der Waals surface area (Å²) in [6.45, 7) is 0.0521. The molecule has 0 unspecified atom stereocenters. The summed E-state index contributed by atoms with van der Waals surface area (Å²) in [5.41, 5.74) is 0.689. The van der Waals surface area contributed by atoms with Gasteiger partial charge in [0, 0.05) is 12.8 Å². The van der Waals surface area contributed by atoms with Gasteiger partial charge in [-0.2, -0.15) is 0 Å². The molecule has 2 aromatic rings. The Kier molecular flexibility index (Phi) is 5.71. The number of sulfonamides is 1. The third-order valence-electron chi connectivity index (χ3n) is 3.48. The molecule has 0 spiro atoms. The fourth-order valence-corrected chi connectivity index (χ4v) is 3.77. The van der Waals surface area contributed by atoms with Crippen LogP contribution in [0, 0.1) is 0 Å². The summed E-state index contributed by atoms with van der Waals surface area (Å²) in [6, 6.07) is 10.1. The SMILES string of the molecule is COc1ccc(CNS(=O)(=O)c2ccc(S(C)(=O)=O)cc2)cc1OC. The van der Waals surface area contributed by atoms with E-state index < -0.39 is 19.9 Å². The van der Waals surface area contributed by atoms with Crippen molar-refractivity contribution in [2.24, 2.45) is 0 Å². The molecule has 25 heavy (non-hydrogen) atoms. The standard InChI is InChI=1S/C16H19NO6S2/c1-22-15-9-4-12(10-16(15)23-2)11-17-25(20,21)14-7-5-13(6-8-14)24(3,18)19/h4-10,17H,11H2,1-3H3. The highest BCUT2D eigenvalue weighted by Gasteiger charge is 2.16. The van der Waals surface area contributed by atoms with Crippen LogP contribution in [0.1, 0.15) is 5.56 Å². The van der Waals surface area contributed by atoms with Gasteiger partial charge in [-0.3, -0.25) is 0 Å². The Bertz CT molecular complexity index is 951.